The number of nitrogens with zero attached hydrogens (tertiary/aromatic N) is 1. The Morgan fingerprint density at radius 1 is 1.35 bits per heavy atom. The van der Waals surface area contributed by atoms with Crippen LogP contribution in [0.3, 0.4) is 0 Å². The van der Waals surface area contributed by atoms with Crippen LogP contribution in [0.2, 0.25) is 0 Å². The number of hydrogen-bond acceptors (Lipinski definition) is 4. The zero-order valence-corrected chi connectivity index (χ0v) is 9.05. The van der Waals surface area contributed by atoms with Crippen molar-refractivity contribution in [1.82, 2.24) is 0 Å². The molecule has 0 N–H and O–H groups in total. The third-order valence-corrected chi connectivity index (χ3v) is 2.55. The molecule has 0 spiro atoms. The van der Waals surface area contributed by atoms with E-state index in [1.807, 2.05) is 0 Å². The first-order valence-electron chi connectivity index (χ1n) is 4.21. The van der Waals surface area contributed by atoms with Crippen LogP contribution in [0.15, 0.2) is 24.3 Å². The van der Waals surface area contributed by atoms with Gasteiger partial charge in [0.05, 0.1) is 11.6 Å². The van der Waals surface area contributed by atoms with E-state index in [1.54, 1.807) is 0 Å². The van der Waals surface area contributed by atoms with Gasteiger partial charge >= 0.3 is 16.3 Å². The molecule has 92 valence electrons. The first-order valence-corrected chi connectivity index (χ1v) is 5.79. The van der Waals surface area contributed by atoms with Crippen molar-refractivity contribution in [2.75, 3.05) is 5.75 Å². The summed E-state index contributed by atoms with van der Waals surface area (Å²) in [4.78, 5) is 0. The van der Waals surface area contributed by atoms with E-state index < -0.39 is 33.4 Å². The topological polar surface area (TPSA) is 67.2 Å². The summed E-state index contributed by atoms with van der Waals surface area (Å²) in [5.41, 5.74) is -1.03. The number of alkyl halides is 3. The van der Waals surface area contributed by atoms with Crippen molar-refractivity contribution in [2.45, 2.75) is 6.18 Å². The lowest BCUT2D eigenvalue weighted by atomic mass is 10.2. The van der Waals surface area contributed by atoms with Gasteiger partial charge in [-0.05, 0) is 18.2 Å². The maximum atomic E-state index is 12.3. The van der Waals surface area contributed by atoms with E-state index in [4.69, 9.17) is 5.26 Å². The molecule has 0 fully saturated rings. The average Bonchev–Trinajstić information content (AvgIpc) is 2.15. The van der Waals surface area contributed by atoms with Crippen molar-refractivity contribution in [1.29, 1.82) is 5.26 Å². The quantitative estimate of drug-likeness (QED) is 0.783. The monoisotopic (exact) mass is 265 g/mol. The fraction of sp³-hybridized carbons (Fsp3) is 0.222. The highest BCUT2D eigenvalue weighted by molar-refractivity contribution is 7.87. The van der Waals surface area contributed by atoms with Crippen LogP contribution in [0.5, 0.6) is 5.75 Å². The van der Waals surface area contributed by atoms with Crippen LogP contribution in [0.4, 0.5) is 13.2 Å². The van der Waals surface area contributed by atoms with Crippen molar-refractivity contribution >= 4 is 10.1 Å². The van der Waals surface area contributed by atoms with Crippen LogP contribution in [0, 0.1) is 11.3 Å². The van der Waals surface area contributed by atoms with Gasteiger partial charge in [0.25, 0.3) is 0 Å². The van der Waals surface area contributed by atoms with Crippen molar-refractivity contribution in [3.8, 4) is 11.8 Å². The normalized spacial score (nSPS) is 11.9. The first kappa shape index (κ1) is 13.3. The molecule has 17 heavy (non-hydrogen) atoms. The molecule has 0 aromatic heterocycles. The predicted molar refractivity (Wildman–Crippen MR) is 51.5 cm³/mol. The van der Waals surface area contributed by atoms with E-state index in [9.17, 15) is 21.6 Å². The van der Waals surface area contributed by atoms with Gasteiger partial charge in [0.1, 0.15) is 5.75 Å². The van der Waals surface area contributed by atoms with Gasteiger partial charge in [-0.25, -0.2) is 0 Å². The molecule has 0 aliphatic heterocycles. The van der Waals surface area contributed by atoms with Gasteiger partial charge in [-0.15, -0.1) is 0 Å². The molecule has 0 atom stereocenters. The van der Waals surface area contributed by atoms with Crippen LogP contribution in [-0.4, -0.2) is 14.2 Å². The Bertz CT molecular complexity index is 545. The Kier molecular flexibility index (Phi) is 3.63. The summed E-state index contributed by atoms with van der Waals surface area (Å²) in [6.07, 6.45) is -4.58. The number of benzene rings is 1. The fourth-order valence-corrected chi connectivity index (χ4v) is 1.59. The predicted octanol–water partition coefficient (Wildman–Crippen LogP) is 1.94. The average molecular weight is 265 g/mol. The van der Waals surface area contributed by atoms with Crippen molar-refractivity contribution in [2.24, 2.45) is 0 Å². The van der Waals surface area contributed by atoms with Crippen LogP contribution in [-0.2, 0) is 16.3 Å². The third kappa shape index (κ3) is 3.96. The molecule has 1 rings (SSSR count). The van der Waals surface area contributed by atoms with Crippen molar-refractivity contribution in [3.05, 3.63) is 29.8 Å². The Labute approximate surface area is 95.4 Å². The highest BCUT2D eigenvalue weighted by Crippen LogP contribution is 2.31. The summed E-state index contributed by atoms with van der Waals surface area (Å²) >= 11 is 0. The minimum absolute atomic E-state index is 0.477. The van der Waals surface area contributed by atoms with Crippen LogP contribution in [0.25, 0.3) is 0 Å². The number of halogens is 3. The summed E-state index contributed by atoms with van der Waals surface area (Å²) in [6.45, 7) is 0. The number of hydrogen-bond donors (Lipinski definition) is 0. The number of nitriles is 1. The second-order valence-corrected chi connectivity index (χ2v) is 4.54. The summed E-state index contributed by atoms with van der Waals surface area (Å²) in [5, 5.41) is 8.17. The van der Waals surface area contributed by atoms with Gasteiger partial charge in [-0.2, -0.15) is 26.9 Å². The van der Waals surface area contributed by atoms with E-state index in [-0.39, 0.29) is 0 Å². The van der Waals surface area contributed by atoms with Crippen molar-refractivity contribution < 1.29 is 25.8 Å². The Balaban J connectivity index is 2.99. The highest BCUT2D eigenvalue weighted by atomic mass is 32.2. The SMILES string of the molecule is N#CCS(=O)(=O)Oc1cccc(C(F)(F)F)c1. The molecular weight excluding hydrogens is 259 g/mol. The van der Waals surface area contributed by atoms with Gasteiger partial charge in [-0.3, -0.25) is 0 Å². The van der Waals surface area contributed by atoms with Crippen LogP contribution >= 0.6 is 0 Å². The smallest absolute Gasteiger partial charge is 0.382 e. The molecule has 0 bridgehead atoms. The molecule has 1 aromatic rings. The van der Waals surface area contributed by atoms with Gasteiger partial charge in [0.2, 0.25) is 0 Å². The molecule has 0 saturated heterocycles. The van der Waals surface area contributed by atoms with Crippen molar-refractivity contribution in [3.63, 3.8) is 0 Å². The standard InChI is InChI=1S/C9H6F3NO3S/c10-9(11,12)7-2-1-3-8(6-7)16-17(14,15)5-4-13/h1-3,6H,5H2. The van der Waals surface area contributed by atoms with E-state index in [2.05, 4.69) is 4.18 Å². The lowest BCUT2D eigenvalue weighted by Gasteiger charge is -2.08. The van der Waals surface area contributed by atoms with Gasteiger partial charge in [-0.1, -0.05) is 6.07 Å². The summed E-state index contributed by atoms with van der Waals surface area (Å²) in [6, 6.07) is 4.74. The number of rotatable bonds is 3. The third-order valence-electron chi connectivity index (χ3n) is 1.63. The molecule has 1 aromatic carbocycles. The Morgan fingerprint density at radius 3 is 2.53 bits per heavy atom. The summed E-state index contributed by atoms with van der Waals surface area (Å²) in [7, 11) is -4.18. The second kappa shape index (κ2) is 4.63. The first-order chi connectivity index (χ1) is 7.74. The molecule has 0 unspecified atom stereocenters. The van der Waals surface area contributed by atoms with Crippen LogP contribution in [0.1, 0.15) is 5.56 Å². The minimum atomic E-state index is -4.58. The lowest BCUT2D eigenvalue weighted by Crippen LogP contribution is -2.13. The molecule has 0 saturated carbocycles. The largest absolute Gasteiger partial charge is 0.416 e. The highest BCUT2D eigenvalue weighted by Gasteiger charge is 2.31. The molecule has 0 amide bonds. The zero-order chi connectivity index (χ0) is 13.1. The lowest BCUT2D eigenvalue weighted by molar-refractivity contribution is -0.137. The molecule has 0 aliphatic rings. The van der Waals surface area contributed by atoms with Gasteiger partial charge < -0.3 is 4.18 Å². The van der Waals surface area contributed by atoms with E-state index in [0.29, 0.717) is 6.07 Å². The van der Waals surface area contributed by atoms with Gasteiger partial charge in [0, 0.05) is 0 Å². The van der Waals surface area contributed by atoms with Crippen LogP contribution < -0.4 is 4.18 Å². The van der Waals surface area contributed by atoms with Gasteiger partial charge in [0.15, 0.2) is 5.75 Å². The maximum Gasteiger partial charge on any atom is 0.416 e. The molecule has 0 radical (unpaired) electrons. The molecule has 8 heteroatoms. The summed E-state index contributed by atoms with van der Waals surface area (Å²) < 4.78 is 63.3. The van der Waals surface area contributed by atoms with E-state index >= 15 is 0 Å². The molecule has 4 nitrogen and oxygen atoms in total. The molecule has 0 heterocycles. The zero-order valence-electron chi connectivity index (χ0n) is 8.23. The Morgan fingerprint density at radius 2 is 2.00 bits per heavy atom. The van der Waals surface area contributed by atoms with E-state index in [0.717, 1.165) is 18.2 Å². The van der Waals surface area contributed by atoms with E-state index in [1.165, 1.54) is 6.07 Å². The second-order valence-electron chi connectivity index (χ2n) is 2.97. The Hall–Kier alpha value is -1.75. The fourth-order valence-electron chi connectivity index (χ4n) is 0.979. The molecular formula is C9H6F3NO3S. The molecule has 0 aliphatic carbocycles. The summed E-state index contributed by atoms with van der Waals surface area (Å²) in [5.74, 6) is -1.40. The maximum absolute atomic E-state index is 12.3. The minimum Gasteiger partial charge on any atom is -0.382 e.